The lowest BCUT2D eigenvalue weighted by molar-refractivity contribution is -0.131. The molecule has 4 heteroatoms. The van der Waals surface area contributed by atoms with Gasteiger partial charge < -0.3 is 10.0 Å². The molecule has 0 saturated heterocycles. The monoisotopic (exact) mass is 287 g/mol. The van der Waals surface area contributed by atoms with E-state index in [2.05, 4.69) is 0 Å². The number of hydrogen-bond donors (Lipinski definition) is 1. The minimum Gasteiger partial charge on any atom is -0.508 e. The molecule has 1 atom stereocenters. The third-order valence-corrected chi connectivity index (χ3v) is 3.61. The van der Waals surface area contributed by atoms with Crippen LogP contribution in [0.25, 0.3) is 0 Å². The molecule has 2 rings (SSSR count). The largest absolute Gasteiger partial charge is 0.508 e. The minimum absolute atomic E-state index is 0.128. The summed E-state index contributed by atoms with van der Waals surface area (Å²) in [5, 5.41) is 9.85. The molecule has 0 spiro atoms. The number of carbonyl (C=O) groups is 1. The van der Waals surface area contributed by atoms with Crippen LogP contribution in [-0.2, 0) is 11.2 Å². The Kier molecular flexibility index (Phi) is 4.58. The predicted octanol–water partition coefficient (Wildman–Crippen LogP) is 3.29. The van der Waals surface area contributed by atoms with E-state index in [0.29, 0.717) is 11.1 Å². The second-order valence-corrected chi connectivity index (χ2v) is 5.05. The number of carbonyl (C=O) groups excluding carboxylic acids is 1. The highest BCUT2D eigenvalue weighted by Crippen LogP contribution is 2.27. The van der Waals surface area contributed by atoms with Gasteiger partial charge in [0.25, 0.3) is 0 Å². The van der Waals surface area contributed by atoms with Crippen molar-refractivity contribution in [1.82, 2.24) is 4.90 Å². The number of hydrogen-bond acceptors (Lipinski definition) is 2. The van der Waals surface area contributed by atoms with E-state index in [1.807, 2.05) is 13.0 Å². The van der Waals surface area contributed by atoms with E-state index >= 15 is 0 Å². The Morgan fingerprint density at radius 1 is 1.24 bits per heavy atom. The number of rotatable bonds is 4. The highest BCUT2D eigenvalue weighted by atomic mass is 19.1. The summed E-state index contributed by atoms with van der Waals surface area (Å²) in [4.78, 5) is 13.8. The van der Waals surface area contributed by atoms with Gasteiger partial charge in [0.15, 0.2) is 0 Å². The van der Waals surface area contributed by atoms with Crippen LogP contribution in [0.2, 0.25) is 0 Å². The number of para-hydroxylation sites is 1. The van der Waals surface area contributed by atoms with E-state index in [9.17, 15) is 14.3 Å². The van der Waals surface area contributed by atoms with Crippen molar-refractivity contribution in [3.05, 3.63) is 65.5 Å². The zero-order chi connectivity index (χ0) is 15.4. The number of benzene rings is 2. The van der Waals surface area contributed by atoms with E-state index < -0.39 is 0 Å². The van der Waals surface area contributed by atoms with Crippen LogP contribution in [0.5, 0.6) is 5.75 Å². The lowest BCUT2D eigenvalue weighted by atomic mass is 10.0. The van der Waals surface area contributed by atoms with Crippen molar-refractivity contribution in [3.63, 3.8) is 0 Å². The van der Waals surface area contributed by atoms with Crippen LogP contribution in [0.15, 0.2) is 48.5 Å². The zero-order valence-corrected chi connectivity index (χ0v) is 12.1. The van der Waals surface area contributed by atoms with E-state index in [0.717, 1.165) is 0 Å². The molecule has 0 heterocycles. The summed E-state index contributed by atoms with van der Waals surface area (Å²) in [6.45, 7) is 1.85. The van der Waals surface area contributed by atoms with E-state index in [1.165, 1.54) is 12.1 Å². The normalized spacial score (nSPS) is 12.0. The molecule has 2 aromatic rings. The molecule has 0 aliphatic heterocycles. The summed E-state index contributed by atoms with van der Waals surface area (Å²) in [6, 6.07) is 12.7. The van der Waals surface area contributed by atoms with E-state index in [1.54, 1.807) is 42.3 Å². The van der Waals surface area contributed by atoms with Gasteiger partial charge in [-0.15, -0.1) is 0 Å². The van der Waals surface area contributed by atoms with Crippen molar-refractivity contribution in [1.29, 1.82) is 0 Å². The topological polar surface area (TPSA) is 40.5 Å². The molecule has 1 amide bonds. The van der Waals surface area contributed by atoms with Crippen molar-refractivity contribution in [3.8, 4) is 5.75 Å². The quantitative estimate of drug-likeness (QED) is 0.937. The lowest BCUT2D eigenvalue weighted by Gasteiger charge is -2.26. The Hall–Kier alpha value is -2.36. The summed E-state index contributed by atoms with van der Waals surface area (Å²) in [6.07, 6.45) is 0.131. The van der Waals surface area contributed by atoms with Crippen LogP contribution in [0.1, 0.15) is 24.1 Å². The molecule has 21 heavy (non-hydrogen) atoms. The van der Waals surface area contributed by atoms with Gasteiger partial charge in [-0.2, -0.15) is 0 Å². The molecule has 0 radical (unpaired) electrons. The summed E-state index contributed by atoms with van der Waals surface area (Å²) in [5.74, 6) is -0.316. The van der Waals surface area contributed by atoms with Gasteiger partial charge in [0.2, 0.25) is 5.91 Å². The van der Waals surface area contributed by atoms with Crippen LogP contribution in [0.3, 0.4) is 0 Å². The van der Waals surface area contributed by atoms with E-state index in [-0.39, 0.29) is 29.9 Å². The molecule has 0 fully saturated rings. The first-order chi connectivity index (χ1) is 9.99. The third-order valence-electron chi connectivity index (χ3n) is 3.61. The predicted molar refractivity (Wildman–Crippen MR) is 79.4 cm³/mol. The summed E-state index contributed by atoms with van der Waals surface area (Å²) in [7, 11) is 1.68. The molecular weight excluding hydrogens is 269 g/mol. The van der Waals surface area contributed by atoms with Gasteiger partial charge in [-0.1, -0.05) is 30.3 Å². The van der Waals surface area contributed by atoms with E-state index in [4.69, 9.17) is 0 Å². The number of phenolic OH excluding ortho intramolecular Hbond substituents is 1. The molecule has 2 aromatic carbocycles. The van der Waals surface area contributed by atoms with Crippen LogP contribution < -0.4 is 0 Å². The van der Waals surface area contributed by atoms with Gasteiger partial charge in [-0.05, 0) is 30.7 Å². The van der Waals surface area contributed by atoms with Gasteiger partial charge in [0.1, 0.15) is 11.6 Å². The van der Waals surface area contributed by atoms with Crippen molar-refractivity contribution >= 4 is 5.91 Å². The first-order valence-corrected chi connectivity index (χ1v) is 6.77. The van der Waals surface area contributed by atoms with Gasteiger partial charge in [0.05, 0.1) is 12.5 Å². The summed E-state index contributed by atoms with van der Waals surface area (Å²) in [5.41, 5.74) is 1.32. The highest BCUT2D eigenvalue weighted by Gasteiger charge is 2.19. The number of aromatic hydroxyl groups is 1. The maximum Gasteiger partial charge on any atom is 0.227 e. The standard InChI is InChI=1S/C17H18FNO2/c1-12(15-8-3-4-9-16(15)20)19(2)17(21)11-13-6-5-7-14(18)10-13/h3-10,12,20H,11H2,1-2H3. The highest BCUT2D eigenvalue weighted by molar-refractivity contribution is 5.79. The van der Waals surface area contributed by atoms with Crippen LogP contribution >= 0.6 is 0 Å². The fourth-order valence-electron chi connectivity index (χ4n) is 2.21. The lowest BCUT2D eigenvalue weighted by Crippen LogP contribution is -2.31. The molecule has 0 aromatic heterocycles. The van der Waals surface area contributed by atoms with Crippen molar-refractivity contribution in [2.45, 2.75) is 19.4 Å². The van der Waals surface area contributed by atoms with Crippen LogP contribution in [-0.4, -0.2) is 23.0 Å². The van der Waals surface area contributed by atoms with Crippen LogP contribution in [0.4, 0.5) is 4.39 Å². The Morgan fingerprint density at radius 2 is 1.95 bits per heavy atom. The number of likely N-dealkylation sites (N-methyl/N-ethyl adjacent to an activating group) is 1. The average Bonchev–Trinajstić information content (AvgIpc) is 2.46. The molecule has 0 bridgehead atoms. The number of halogens is 1. The fourth-order valence-corrected chi connectivity index (χ4v) is 2.21. The molecule has 1 N–H and O–H groups in total. The fraction of sp³-hybridized carbons (Fsp3) is 0.235. The summed E-state index contributed by atoms with van der Waals surface area (Å²) < 4.78 is 13.1. The molecule has 110 valence electrons. The van der Waals surface area contributed by atoms with Gasteiger partial charge in [-0.3, -0.25) is 4.79 Å². The smallest absolute Gasteiger partial charge is 0.227 e. The number of phenols is 1. The van der Waals surface area contributed by atoms with Crippen molar-refractivity contribution in [2.75, 3.05) is 7.05 Å². The molecular formula is C17H18FNO2. The average molecular weight is 287 g/mol. The van der Waals surface area contributed by atoms with Gasteiger partial charge in [-0.25, -0.2) is 4.39 Å². The Labute approximate surface area is 123 Å². The molecule has 0 aliphatic rings. The second-order valence-electron chi connectivity index (χ2n) is 5.05. The first kappa shape index (κ1) is 15.0. The number of amides is 1. The zero-order valence-electron chi connectivity index (χ0n) is 12.1. The van der Waals surface area contributed by atoms with Crippen molar-refractivity contribution < 1.29 is 14.3 Å². The Bertz CT molecular complexity index is 642. The maximum atomic E-state index is 13.1. The van der Waals surface area contributed by atoms with Gasteiger partial charge >= 0.3 is 0 Å². The van der Waals surface area contributed by atoms with Crippen LogP contribution in [0, 0.1) is 5.82 Å². The molecule has 3 nitrogen and oxygen atoms in total. The maximum absolute atomic E-state index is 13.1. The summed E-state index contributed by atoms with van der Waals surface area (Å²) >= 11 is 0. The second kappa shape index (κ2) is 6.39. The first-order valence-electron chi connectivity index (χ1n) is 6.77. The minimum atomic E-state index is -0.350. The van der Waals surface area contributed by atoms with Crippen molar-refractivity contribution in [2.24, 2.45) is 0 Å². The molecule has 0 aliphatic carbocycles. The SMILES string of the molecule is CC(c1ccccc1O)N(C)C(=O)Cc1cccc(F)c1. The molecule has 1 unspecified atom stereocenters. The van der Waals surface area contributed by atoms with Gasteiger partial charge in [0, 0.05) is 12.6 Å². The third kappa shape index (κ3) is 3.60. The number of nitrogens with zero attached hydrogens (tertiary/aromatic N) is 1. The Balaban J connectivity index is 2.10. The molecule has 0 saturated carbocycles. The Morgan fingerprint density at radius 3 is 2.62 bits per heavy atom.